The van der Waals surface area contributed by atoms with E-state index in [9.17, 15) is 26.7 Å². The van der Waals surface area contributed by atoms with Crippen LogP contribution in [0.5, 0.6) is 0 Å². The third-order valence-electron chi connectivity index (χ3n) is 4.17. The van der Waals surface area contributed by atoms with Crippen molar-refractivity contribution in [3.8, 4) is 0 Å². The molecule has 0 spiro atoms. The maximum absolute atomic E-state index is 12.5. The molecule has 0 radical (unpaired) electrons. The number of aliphatic hydroxyl groups excluding tert-OH is 1. The van der Waals surface area contributed by atoms with Crippen LogP contribution in [0.25, 0.3) is 0 Å². The molecule has 0 bridgehead atoms. The van der Waals surface area contributed by atoms with Crippen molar-refractivity contribution in [2.24, 2.45) is 11.8 Å². The Morgan fingerprint density at radius 1 is 1.20 bits per heavy atom. The van der Waals surface area contributed by atoms with Gasteiger partial charge in [0.05, 0.1) is 17.8 Å². The molecule has 1 N–H and O–H groups in total. The van der Waals surface area contributed by atoms with Crippen molar-refractivity contribution in [3.63, 3.8) is 0 Å². The highest BCUT2D eigenvalue weighted by Gasteiger charge is 2.42. The Hall–Kier alpha value is -0.300. The SMILES string of the molecule is CCS(=O)(=O)CCCC(O)C1CCC(C(F)(F)F)CC1. The number of sulfone groups is 1. The fraction of sp³-hybridized carbons (Fsp3) is 1.00. The zero-order valence-corrected chi connectivity index (χ0v) is 12.5. The van der Waals surface area contributed by atoms with Gasteiger partial charge in [0.15, 0.2) is 0 Å². The Morgan fingerprint density at radius 2 is 1.75 bits per heavy atom. The van der Waals surface area contributed by atoms with Gasteiger partial charge in [-0.25, -0.2) is 8.42 Å². The van der Waals surface area contributed by atoms with Gasteiger partial charge in [-0.2, -0.15) is 13.2 Å². The Balaban J connectivity index is 2.31. The summed E-state index contributed by atoms with van der Waals surface area (Å²) in [6, 6.07) is 0. The van der Waals surface area contributed by atoms with Gasteiger partial charge in [-0.1, -0.05) is 6.92 Å². The van der Waals surface area contributed by atoms with E-state index in [-0.39, 0.29) is 30.3 Å². The van der Waals surface area contributed by atoms with E-state index in [1.807, 2.05) is 0 Å². The first-order valence-electron chi connectivity index (χ1n) is 7.11. The second kappa shape index (κ2) is 7.11. The molecule has 1 rings (SSSR count). The van der Waals surface area contributed by atoms with Crippen molar-refractivity contribution in [1.82, 2.24) is 0 Å². The molecule has 0 saturated heterocycles. The normalized spacial score (nSPS) is 26.4. The molecule has 0 aromatic carbocycles. The number of halogens is 3. The van der Waals surface area contributed by atoms with E-state index in [1.54, 1.807) is 6.92 Å². The van der Waals surface area contributed by atoms with Crippen molar-refractivity contribution in [2.75, 3.05) is 11.5 Å². The van der Waals surface area contributed by atoms with Crippen LogP contribution in [0.1, 0.15) is 45.4 Å². The third-order valence-corrected chi connectivity index (χ3v) is 5.96. The van der Waals surface area contributed by atoms with Gasteiger partial charge >= 0.3 is 6.18 Å². The molecule has 1 aliphatic rings. The van der Waals surface area contributed by atoms with Gasteiger partial charge in [0, 0.05) is 5.75 Å². The molecule has 20 heavy (non-hydrogen) atoms. The highest BCUT2D eigenvalue weighted by atomic mass is 32.2. The molecule has 0 aromatic rings. The van der Waals surface area contributed by atoms with Gasteiger partial charge in [0.2, 0.25) is 0 Å². The Kier molecular flexibility index (Phi) is 6.31. The molecule has 1 fully saturated rings. The van der Waals surface area contributed by atoms with E-state index in [4.69, 9.17) is 0 Å². The molecular formula is C13H23F3O3S. The van der Waals surface area contributed by atoms with Crippen molar-refractivity contribution in [2.45, 2.75) is 57.7 Å². The summed E-state index contributed by atoms with van der Waals surface area (Å²) < 4.78 is 60.1. The predicted molar refractivity (Wildman–Crippen MR) is 71.1 cm³/mol. The molecular weight excluding hydrogens is 293 g/mol. The predicted octanol–water partition coefficient (Wildman–Crippen LogP) is 2.93. The smallest absolute Gasteiger partial charge is 0.391 e. The van der Waals surface area contributed by atoms with E-state index in [1.165, 1.54) is 0 Å². The van der Waals surface area contributed by atoms with Gasteiger partial charge in [-0.15, -0.1) is 0 Å². The first-order chi connectivity index (χ1) is 9.15. The largest absolute Gasteiger partial charge is 0.393 e. The van der Waals surface area contributed by atoms with E-state index in [0.29, 0.717) is 25.7 Å². The highest BCUT2D eigenvalue weighted by Crippen LogP contribution is 2.40. The maximum Gasteiger partial charge on any atom is 0.391 e. The van der Waals surface area contributed by atoms with Crippen molar-refractivity contribution < 1.29 is 26.7 Å². The topological polar surface area (TPSA) is 54.4 Å². The van der Waals surface area contributed by atoms with Crippen LogP contribution in [0.3, 0.4) is 0 Å². The summed E-state index contributed by atoms with van der Waals surface area (Å²) in [4.78, 5) is 0. The fourth-order valence-electron chi connectivity index (χ4n) is 2.72. The quantitative estimate of drug-likeness (QED) is 0.820. The van der Waals surface area contributed by atoms with Crippen LogP contribution in [0, 0.1) is 11.8 Å². The van der Waals surface area contributed by atoms with E-state index in [0.717, 1.165) is 0 Å². The van der Waals surface area contributed by atoms with Crippen LogP contribution in [0.2, 0.25) is 0 Å². The third kappa shape index (κ3) is 5.60. The average molecular weight is 316 g/mol. The lowest BCUT2D eigenvalue weighted by molar-refractivity contribution is -0.185. The molecule has 1 saturated carbocycles. The van der Waals surface area contributed by atoms with Crippen molar-refractivity contribution >= 4 is 9.84 Å². The van der Waals surface area contributed by atoms with Gasteiger partial charge in [0.1, 0.15) is 9.84 Å². The Morgan fingerprint density at radius 3 is 2.20 bits per heavy atom. The minimum absolute atomic E-state index is 0.0401. The molecule has 0 heterocycles. The average Bonchev–Trinajstić information content (AvgIpc) is 2.37. The molecule has 0 amide bonds. The number of hydrogen-bond donors (Lipinski definition) is 1. The molecule has 0 aromatic heterocycles. The fourth-order valence-corrected chi connectivity index (χ4v) is 3.62. The van der Waals surface area contributed by atoms with E-state index in [2.05, 4.69) is 0 Å². The number of hydrogen-bond acceptors (Lipinski definition) is 3. The standard InChI is InChI=1S/C13H23F3O3S/c1-2-20(18,19)9-3-4-12(17)10-5-7-11(8-6-10)13(14,15)16/h10-12,17H,2-9H2,1H3. The van der Waals surface area contributed by atoms with Gasteiger partial charge in [-0.3, -0.25) is 0 Å². The molecule has 1 aliphatic carbocycles. The van der Waals surface area contributed by atoms with E-state index < -0.39 is 28.0 Å². The first kappa shape index (κ1) is 17.8. The van der Waals surface area contributed by atoms with Crippen LogP contribution < -0.4 is 0 Å². The molecule has 120 valence electrons. The van der Waals surface area contributed by atoms with Crippen LogP contribution in [-0.4, -0.2) is 37.3 Å². The molecule has 1 atom stereocenters. The van der Waals surface area contributed by atoms with Crippen LogP contribution in [-0.2, 0) is 9.84 Å². The maximum atomic E-state index is 12.5. The summed E-state index contributed by atoms with van der Waals surface area (Å²) in [5.74, 6) is -1.25. The second-order valence-corrected chi connectivity index (χ2v) is 8.07. The molecule has 1 unspecified atom stereocenters. The number of rotatable bonds is 6. The molecule has 0 aliphatic heterocycles. The highest BCUT2D eigenvalue weighted by molar-refractivity contribution is 7.91. The summed E-state index contributed by atoms with van der Waals surface area (Å²) >= 11 is 0. The minimum atomic E-state index is -4.13. The molecule has 3 nitrogen and oxygen atoms in total. The summed E-state index contributed by atoms with van der Waals surface area (Å²) in [6.45, 7) is 1.57. The number of alkyl halides is 3. The van der Waals surface area contributed by atoms with Crippen molar-refractivity contribution in [3.05, 3.63) is 0 Å². The van der Waals surface area contributed by atoms with Gasteiger partial charge < -0.3 is 5.11 Å². The monoisotopic (exact) mass is 316 g/mol. The van der Waals surface area contributed by atoms with Crippen molar-refractivity contribution in [1.29, 1.82) is 0 Å². The zero-order valence-electron chi connectivity index (χ0n) is 11.7. The lowest BCUT2D eigenvalue weighted by atomic mass is 9.78. The lowest BCUT2D eigenvalue weighted by Crippen LogP contribution is -2.32. The van der Waals surface area contributed by atoms with Crippen LogP contribution in [0.4, 0.5) is 13.2 Å². The summed E-state index contributed by atoms with van der Waals surface area (Å²) in [6.07, 6.45) is -3.23. The second-order valence-electron chi connectivity index (χ2n) is 5.60. The Bertz CT molecular complexity index is 384. The Labute approximate surface area is 118 Å². The summed E-state index contributed by atoms with van der Waals surface area (Å²) in [7, 11) is -3.03. The lowest BCUT2D eigenvalue weighted by Gasteiger charge is -2.32. The summed E-state index contributed by atoms with van der Waals surface area (Å²) in [5.41, 5.74) is 0. The van der Waals surface area contributed by atoms with Gasteiger partial charge in [0.25, 0.3) is 0 Å². The van der Waals surface area contributed by atoms with Crippen LogP contribution in [0.15, 0.2) is 0 Å². The zero-order chi connectivity index (χ0) is 15.4. The van der Waals surface area contributed by atoms with Crippen LogP contribution >= 0.6 is 0 Å². The molecule has 7 heteroatoms. The summed E-state index contributed by atoms with van der Waals surface area (Å²) in [5, 5.41) is 9.96. The number of aliphatic hydroxyl groups is 1. The van der Waals surface area contributed by atoms with Gasteiger partial charge in [-0.05, 0) is 44.4 Å². The minimum Gasteiger partial charge on any atom is -0.393 e. The van der Waals surface area contributed by atoms with E-state index >= 15 is 0 Å². The first-order valence-corrected chi connectivity index (χ1v) is 8.93.